The number of nitrogens with one attached hydrogen (secondary N) is 1. The van der Waals surface area contributed by atoms with E-state index in [0.717, 1.165) is 56.6 Å². The predicted octanol–water partition coefficient (Wildman–Crippen LogP) is 5.39. The summed E-state index contributed by atoms with van der Waals surface area (Å²) in [5.41, 5.74) is 6.25. The summed E-state index contributed by atoms with van der Waals surface area (Å²) in [7, 11) is 0. The minimum atomic E-state index is -0.157. The molecule has 0 bridgehead atoms. The highest BCUT2D eigenvalue weighted by Crippen LogP contribution is 2.27. The molecule has 192 valence electrons. The predicted molar refractivity (Wildman–Crippen MR) is 149 cm³/mol. The molecule has 0 spiro atoms. The lowest BCUT2D eigenvalue weighted by Crippen LogP contribution is -2.47. The number of rotatable bonds is 8. The summed E-state index contributed by atoms with van der Waals surface area (Å²) in [5, 5.41) is 4.23. The van der Waals surface area contributed by atoms with Crippen LogP contribution in [0.1, 0.15) is 33.6 Å². The second-order valence-corrected chi connectivity index (χ2v) is 9.90. The van der Waals surface area contributed by atoms with Crippen LogP contribution >= 0.6 is 0 Å². The average Bonchev–Trinajstić information content (AvgIpc) is 3.16. The minimum absolute atomic E-state index is 0.0286. The number of hydrogen-bond donors (Lipinski definition) is 1. The molecule has 1 saturated heterocycles. The molecule has 0 unspecified atom stereocenters. The molecule has 0 radical (unpaired) electrons. The fourth-order valence-corrected chi connectivity index (χ4v) is 5.29. The van der Waals surface area contributed by atoms with Crippen LogP contribution in [0.2, 0.25) is 0 Å². The highest BCUT2D eigenvalue weighted by molar-refractivity contribution is 5.99. The van der Waals surface area contributed by atoms with Crippen molar-refractivity contribution < 1.29 is 9.18 Å². The number of hydrogen-bond acceptors (Lipinski definition) is 3. The van der Waals surface area contributed by atoms with Gasteiger partial charge in [-0.1, -0.05) is 42.5 Å². The fraction of sp³-hybridized carbons (Fsp3) is 0.323. The van der Waals surface area contributed by atoms with E-state index in [1.165, 1.54) is 22.9 Å². The van der Waals surface area contributed by atoms with Gasteiger partial charge in [0.2, 0.25) is 0 Å². The third kappa shape index (κ3) is 5.54. The summed E-state index contributed by atoms with van der Waals surface area (Å²) in [5.74, 6) is -0.186. The van der Waals surface area contributed by atoms with Gasteiger partial charge in [-0.25, -0.2) is 4.39 Å². The van der Waals surface area contributed by atoms with E-state index in [0.29, 0.717) is 17.8 Å². The fourth-order valence-electron chi connectivity index (χ4n) is 5.29. The van der Waals surface area contributed by atoms with Crippen molar-refractivity contribution in [2.45, 2.75) is 26.8 Å². The van der Waals surface area contributed by atoms with Crippen molar-refractivity contribution in [3.05, 3.63) is 101 Å². The van der Waals surface area contributed by atoms with Gasteiger partial charge in [-0.3, -0.25) is 9.69 Å². The standard InChI is InChI=1S/C31H35FN4O/c1-23-24(2)36(22-25-9-4-3-5-10-25)29-14-13-26(21-27(23)29)31(37)33-15-8-16-34-17-19-35(20-18-34)30-12-7-6-11-28(30)32/h3-7,9-14,21H,8,15-20,22H2,1-2H3,(H,33,37). The van der Waals surface area contributed by atoms with Crippen LogP contribution in [0.5, 0.6) is 0 Å². The number of halogens is 1. The van der Waals surface area contributed by atoms with E-state index >= 15 is 0 Å². The van der Waals surface area contributed by atoms with Gasteiger partial charge >= 0.3 is 0 Å². The quantitative estimate of drug-likeness (QED) is 0.331. The Kier molecular flexibility index (Phi) is 7.56. The lowest BCUT2D eigenvalue weighted by atomic mass is 10.1. The van der Waals surface area contributed by atoms with Crippen LogP contribution < -0.4 is 10.2 Å². The molecule has 6 heteroatoms. The van der Waals surface area contributed by atoms with Crippen molar-refractivity contribution in [2.75, 3.05) is 44.2 Å². The Morgan fingerprint density at radius 2 is 1.65 bits per heavy atom. The Morgan fingerprint density at radius 3 is 2.41 bits per heavy atom. The van der Waals surface area contributed by atoms with Crippen LogP contribution in [0.15, 0.2) is 72.8 Å². The lowest BCUT2D eigenvalue weighted by Gasteiger charge is -2.36. The van der Waals surface area contributed by atoms with Crippen molar-refractivity contribution in [3.63, 3.8) is 0 Å². The van der Waals surface area contributed by atoms with Crippen molar-refractivity contribution in [1.82, 2.24) is 14.8 Å². The number of benzene rings is 3. The zero-order valence-electron chi connectivity index (χ0n) is 21.7. The second-order valence-electron chi connectivity index (χ2n) is 9.90. The van der Waals surface area contributed by atoms with Crippen molar-refractivity contribution in [1.29, 1.82) is 0 Å². The largest absolute Gasteiger partial charge is 0.367 e. The lowest BCUT2D eigenvalue weighted by molar-refractivity contribution is 0.0951. The van der Waals surface area contributed by atoms with Crippen molar-refractivity contribution in [2.24, 2.45) is 0 Å². The molecule has 4 aromatic rings. The third-order valence-electron chi connectivity index (χ3n) is 7.59. The van der Waals surface area contributed by atoms with Gasteiger partial charge in [-0.2, -0.15) is 0 Å². The molecule has 1 aromatic heterocycles. The number of piperazine rings is 1. The first-order chi connectivity index (χ1) is 18.0. The molecule has 1 amide bonds. The first kappa shape index (κ1) is 25.0. The highest BCUT2D eigenvalue weighted by atomic mass is 19.1. The van der Waals surface area contributed by atoms with Gasteiger partial charge in [-0.05, 0) is 68.3 Å². The molecular weight excluding hydrogens is 463 g/mol. The number of anilines is 1. The number of fused-ring (bicyclic) bond motifs is 1. The monoisotopic (exact) mass is 498 g/mol. The van der Waals surface area contributed by atoms with E-state index in [2.05, 4.69) is 63.9 Å². The number of para-hydroxylation sites is 1. The number of amides is 1. The summed E-state index contributed by atoms with van der Waals surface area (Å²) in [6.45, 7) is 10.1. The molecule has 1 aliphatic rings. The molecule has 3 aromatic carbocycles. The van der Waals surface area contributed by atoms with E-state index in [9.17, 15) is 9.18 Å². The van der Waals surface area contributed by atoms with Crippen molar-refractivity contribution >= 4 is 22.5 Å². The molecule has 0 saturated carbocycles. The Morgan fingerprint density at radius 1 is 0.919 bits per heavy atom. The normalized spacial score (nSPS) is 14.3. The zero-order chi connectivity index (χ0) is 25.8. The number of aryl methyl sites for hydroxylation is 1. The second kappa shape index (κ2) is 11.2. The average molecular weight is 499 g/mol. The molecule has 1 aliphatic heterocycles. The van der Waals surface area contributed by atoms with Gasteiger partial charge in [0, 0.05) is 61.4 Å². The van der Waals surface area contributed by atoms with E-state index in [-0.39, 0.29) is 11.7 Å². The van der Waals surface area contributed by atoms with Gasteiger partial charge in [-0.15, -0.1) is 0 Å². The van der Waals surface area contributed by atoms with Gasteiger partial charge in [0.1, 0.15) is 5.82 Å². The molecule has 0 aliphatic carbocycles. The number of aromatic nitrogens is 1. The van der Waals surface area contributed by atoms with Gasteiger partial charge in [0.15, 0.2) is 0 Å². The highest BCUT2D eigenvalue weighted by Gasteiger charge is 2.19. The Balaban J connectivity index is 1.13. The summed E-state index contributed by atoms with van der Waals surface area (Å²) < 4.78 is 16.4. The van der Waals surface area contributed by atoms with Crippen LogP contribution in [0.3, 0.4) is 0 Å². The molecule has 5 rings (SSSR count). The Bertz CT molecular complexity index is 1370. The smallest absolute Gasteiger partial charge is 0.251 e. The molecule has 1 fully saturated rings. The summed E-state index contributed by atoms with van der Waals surface area (Å²) >= 11 is 0. The minimum Gasteiger partial charge on any atom is -0.367 e. The topological polar surface area (TPSA) is 40.5 Å². The van der Waals surface area contributed by atoms with Crippen LogP contribution in [-0.4, -0.2) is 54.6 Å². The van der Waals surface area contributed by atoms with Crippen LogP contribution in [0.4, 0.5) is 10.1 Å². The van der Waals surface area contributed by atoms with Gasteiger partial charge < -0.3 is 14.8 Å². The maximum Gasteiger partial charge on any atom is 0.251 e. The van der Waals surface area contributed by atoms with Crippen LogP contribution in [0.25, 0.3) is 10.9 Å². The molecule has 5 nitrogen and oxygen atoms in total. The maximum absolute atomic E-state index is 14.1. The number of carbonyl (C=O) groups is 1. The summed E-state index contributed by atoms with van der Waals surface area (Å²) in [6, 6.07) is 23.5. The van der Waals surface area contributed by atoms with E-state index < -0.39 is 0 Å². The van der Waals surface area contributed by atoms with Crippen LogP contribution in [-0.2, 0) is 6.54 Å². The van der Waals surface area contributed by atoms with E-state index in [1.807, 2.05) is 30.3 Å². The SMILES string of the molecule is Cc1c(C)n(Cc2ccccc2)c2ccc(C(=O)NCCCN3CCN(c4ccccc4F)CC3)cc12. The molecule has 37 heavy (non-hydrogen) atoms. The molecule has 0 atom stereocenters. The Hall–Kier alpha value is -3.64. The van der Waals surface area contributed by atoms with Gasteiger partial charge in [0.25, 0.3) is 5.91 Å². The third-order valence-corrected chi connectivity index (χ3v) is 7.59. The number of nitrogens with zero attached hydrogens (tertiary/aromatic N) is 3. The Labute approximate surface area is 218 Å². The van der Waals surface area contributed by atoms with E-state index in [1.54, 1.807) is 6.07 Å². The van der Waals surface area contributed by atoms with Crippen molar-refractivity contribution in [3.8, 4) is 0 Å². The first-order valence-electron chi connectivity index (χ1n) is 13.1. The molecule has 1 N–H and O–H groups in total. The molecular formula is C31H35FN4O. The summed E-state index contributed by atoms with van der Waals surface area (Å²) in [4.78, 5) is 17.4. The number of carbonyl (C=O) groups excluding carboxylic acids is 1. The van der Waals surface area contributed by atoms with E-state index in [4.69, 9.17) is 0 Å². The van der Waals surface area contributed by atoms with Gasteiger partial charge in [0.05, 0.1) is 5.69 Å². The summed E-state index contributed by atoms with van der Waals surface area (Å²) in [6.07, 6.45) is 0.888. The molecule has 2 heterocycles. The zero-order valence-corrected chi connectivity index (χ0v) is 21.7. The van der Waals surface area contributed by atoms with Crippen LogP contribution in [0, 0.1) is 19.7 Å². The first-order valence-corrected chi connectivity index (χ1v) is 13.1. The maximum atomic E-state index is 14.1.